The lowest BCUT2D eigenvalue weighted by Gasteiger charge is -2.19. The van der Waals surface area contributed by atoms with Crippen molar-refractivity contribution in [2.75, 3.05) is 7.11 Å². The van der Waals surface area contributed by atoms with E-state index in [1.54, 1.807) is 13.8 Å². The third-order valence-corrected chi connectivity index (χ3v) is 4.61. The summed E-state index contributed by atoms with van der Waals surface area (Å²) in [6, 6.07) is 1.07. The van der Waals surface area contributed by atoms with E-state index >= 15 is 0 Å². The number of ether oxygens (including phenoxy) is 1. The Morgan fingerprint density at radius 3 is 2.38 bits per heavy atom. The van der Waals surface area contributed by atoms with E-state index < -0.39 is 33.8 Å². The van der Waals surface area contributed by atoms with Crippen molar-refractivity contribution in [1.29, 1.82) is 0 Å². The quantitative estimate of drug-likeness (QED) is 0.829. The Morgan fingerprint density at radius 2 is 1.95 bits per heavy atom. The van der Waals surface area contributed by atoms with Gasteiger partial charge in [-0.1, -0.05) is 13.8 Å². The zero-order valence-electron chi connectivity index (χ0n) is 12.2. The summed E-state index contributed by atoms with van der Waals surface area (Å²) in [6.45, 7) is 4.43. The summed E-state index contributed by atoms with van der Waals surface area (Å²) in [7, 11) is -2.89. The van der Waals surface area contributed by atoms with Gasteiger partial charge in [-0.2, -0.15) is 4.72 Å². The molecule has 8 heteroatoms. The van der Waals surface area contributed by atoms with Gasteiger partial charge in [0, 0.05) is 5.56 Å². The van der Waals surface area contributed by atoms with Gasteiger partial charge in [-0.25, -0.2) is 12.8 Å². The van der Waals surface area contributed by atoms with E-state index in [-0.39, 0.29) is 16.2 Å². The van der Waals surface area contributed by atoms with Gasteiger partial charge in [0.2, 0.25) is 10.0 Å². The maximum atomic E-state index is 13.9. The van der Waals surface area contributed by atoms with Crippen LogP contribution < -0.4 is 9.46 Å². The predicted octanol–water partition coefficient (Wildman–Crippen LogP) is 1.53. The highest BCUT2D eigenvalue weighted by atomic mass is 32.2. The summed E-state index contributed by atoms with van der Waals surface area (Å²) >= 11 is 0. The van der Waals surface area contributed by atoms with Crippen LogP contribution in [0.1, 0.15) is 19.4 Å². The van der Waals surface area contributed by atoms with Crippen molar-refractivity contribution in [3.05, 3.63) is 23.5 Å². The van der Waals surface area contributed by atoms with Crippen LogP contribution in [-0.4, -0.2) is 32.6 Å². The Bertz CT molecular complexity index is 642. The molecule has 0 unspecified atom stereocenters. The number of carbonyl (C=O) groups is 1. The first-order valence-corrected chi connectivity index (χ1v) is 7.68. The van der Waals surface area contributed by atoms with Crippen LogP contribution in [0.5, 0.6) is 5.75 Å². The van der Waals surface area contributed by atoms with Crippen LogP contribution in [0.2, 0.25) is 0 Å². The predicted molar refractivity (Wildman–Crippen MR) is 74.3 cm³/mol. The molecule has 0 aromatic heterocycles. The third kappa shape index (κ3) is 3.70. The molecule has 0 saturated heterocycles. The lowest BCUT2D eigenvalue weighted by Crippen LogP contribution is -2.44. The maximum absolute atomic E-state index is 13.9. The fraction of sp³-hybridized carbons (Fsp3) is 0.462. The highest BCUT2D eigenvalue weighted by Gasteiger charge is 2.29. The SMILES string of the molecule is COc1ccc(S(=O)(=O)N[C@H](C(=O)O)C(C)C)c(C)c1F. The van der Waals surface area contributed by atoms with E-state index in [1.165, 1.54) is 26.2 Å². The zero-order valence-corrected chi connectivity index (χ0v) is 13.0. The molecule has 0 radical (unpaired) electrons. The molecular formula is C13H18FNO5S. The van der Waals surface area contributed by atoms with Gasteiger partial charge in [-0.3, -0.25) is 4.79 Å². The highest BCUT2D eigenvalue weighted by molar-refractivity contribution is 7.89. The number of rotatable bonds is 6. The molecule has 0 saturated carbocycles. The highest BCUT2D eigenvalue weighted by Crippen LogP contribution is 2.26. The smallest absolute Gasteiger partial charge is 0.322 e. The van der Waals surface area contributed by atoms with Gasteiger partial charge < -0.3 is 9.84 Å². The molecule has 2 N–H and O–H groups in total. The van der Waals surface area contributed by atoms with E-state index in [0.717, 1.165) is 0 Å². The van der Waals surface area contributed by atoms with Gasteiger partial charge in [-0.15, -0.1) is 0 Å². The number of benzene rings is 1. The van der Waals surface area contributed by atoms with Gasteiger partial charge in [0.15, 0.2) is 11.6 Å². The van der Waals surface area contributed by atoms with Crippen LogP contribution in [0.3, 0.4) is 0 Å². The summed E-state index contributed by atoms with van der Waals surface area (Å²) < 4.78 is 45.2. The van der Waals surface area contributed by atoms with Crippen molar-refractivity contribution in [3.8, 4) is 5.75 Å². The molecule has 1 atom stereocenters. The Labute approximate surface area is 123 Å². The largest absolute Gasteiger partial charge is 0.494 e. The van der Waals surface area contributed by atoms with E-state index in [9.17, 15) is 17.6 Å². The average molecular weight is 319 g/mol. The number of hydrogen-bond acceptors (Lipinski definition) is 4. The van der Waals surface area contributed by atoms with Crippen molar-refractivity contribution >= 4 is 16.0 Å². The Hall–Kier alpha value is -1.67. The topological polar surface area (TPSA) is 92.7 Å². The summed E-state index contributed by atoms with van der Waals surface area (Å²) in [5.41, 5.74) is -0.130. The molecule has 0 spiro atoms. The van der Waals surface area contributed by atoms with Crippen LogP contribution in [-0.2, 0) is 14.8 Å². The monoisotopic (exact) mass is 319 g/mol. The fourth-order valence-electron chi connectivity index (χ4n) is 1.79. The summed E-state index contributed by atoms with van der Waals surface area (Å²) in [4.78, 5) is 10.8. The lowest BCUT2D eigenvalue weighted by atomic mass is 10.1. The molecular weight excluding hydrogens is 301 g/mol. The summed E-state index contributed by atoms with van der Waals surface area (Å²) in [5.74, 6) is -2.62. The molecule has 0 aliphatic rings. The average Bonchev–Trinajstić information content (AvgIpc) is 2.38. The number of carboxylic acid groups (broad SMARTS) is 1. The normalized spacial score (nSPS) is 13.2. The molecule has 1 aromatic rings. The van der Waals surface area contributed by atoms with Crippen molar-refractivity contribution in [1.82, 2.24) is 4.72 Å². The van der Waals surface area contributed by atoms with Crippen LogP contribution >= 0.6 is 0 Å². The number of carboxylic acids is 1. The minimum absolute atomic E-state index is 0.0786. The number of sulfonamides is 1. The molecule has 21 heavy (non-hydrogen) atoms. The van der Waals surface area contributed by atoms with Crippen molar-refractivity contribution < 1.29 is 27.4 Å². The van der Waals surface area contributed by atoms with Crippen molar-refractivity contribution in [2.45, 2.75) is 31.7 Å². The number of nitrogens with one attached hydrogen (secondary N) is 1. The molecule has 6 nitrogen and oxygen atoms in total. The minimum Gasteiger partial charge on any atom is -0.494 e. The number of aliphatic carboxylic acids is 1. The molecule has 0 aliphatic heterocycles. The first kappa shape index (κ1) is 17.4. The van der Waals surface area contributed by atoms with E-state index in [1.807, 2.05) is 0 Å². The van der Waals surface area contributed by atoms with Gasteiger partial charge in [0.25, 0.3) is 0 Å². The Morgan fingerprint density at radius 1 is 1.38 bits per heavy atom. The van der Waals surface area contributed by atoms with Gasteiger partial charge in [0.1, 0.15) is 6.04 Å². The fourth-order valence-corrected chi connectivity index (χ4v) is 3.37. The second-order valence-electron chi connectivity index (χ2n) is 4.89. The van der Waals surface area contributed by atoms with Crippen molar-refractivity contribution in [2.24, 2.45) is 5.92 Å². The standard InChI is InChI=1S/C13H18FNO5S/c1-7(2)12(13(16)17)15-21(18,19)10-6-5-9(20-4)11(14)8(10)3/h5-7,12,15H,1-4H3,(H,16,17)/t12-/m0/s1. The van der Waals surface area contributed by atoms with Crippen LogP contribution in [0.25, 0.3) is 0 Å². The zero-order chi connectivity index (χ0) is 16.4. The third-order valence-electron chi connectivity index (χ3n) is 3.03. The number of hydrogen-bond donors (Lipinski definition) is 2. The Balaban J connectivity index is 3.26. The van der Waals surface area contributed by atoms with Crippen LogP contribution in [0.4, 0.5) is 4.39 Å². The molecule has 0 aliphatic carbocycles. The molecule has 0 bridgehead atoms. The first-order chi connectivity index (χ1) is 9.61. The molecule has 0 heterocycles. The summed E-state index contributed by atoms with van der Waals surface area (Å²) in [6.07, 6.45) is 0. The van der Waals surface area contributed by atoms with E-state index in [4.69, 9.17) is 9.84 Å². The van der Waals surface area contributed by atoms with Gasteiger partial charge in [0.05, 0.1) is 12.0 Å². The molecule has 0 amide bonds. The molecule has 1 rings (SSSR count). The summed E-state index contributed by atoms with van der Waals surface area (Å²) in [5, 5.41) is 9.04. The van der Waals surface area contributed by atoms with E-state index in [2.05, 4.69) is 4.72 Å². The number of methoxy groups -OCH3 is 1. The van der Waals surface area contributed by atoms with Crippen LogP contribution in [0.15, 0.2) is 17.0 Å². The number of halogens is 1. The van der Waals surface area contributed by atoms with Gasteiger partial charge >= 0.3 is 5.97 Å². The maximum Gasteiger partial charge on any atom is 0.322 e. The molecule has 0 fully saturated rings. The Kier molecular flexibility index (Phi) is 5.30. The molecule has 1 aromatic carbocycles. The minimum atomic E-state index is -4.15. The second kappa shape index (κ2) is 6.40. The van der Waals surface area contributed by atoms with Crippen molar-refractivity contribution in [3.63, 3.8) is 0 Å². The molecule has 118 valence electrons. The first-order valence-electron chi connectivity index (χ1n) is 6.20. The van der Waals surface area contributed by atoms with E-state index in [0.29, 0.717) is 0 Å². The van der Waals surface area contributed by atoms with Crippen LogP contribution in [0, 0.1) is 18.7 Å². The second-order valence-corrected chi connectivity index (χ2v) is 6.57. The lowest BCUT2D eigenvalue weighted by molar-refractivity contribution is -0.140. The van der Waals surface area contributed by atoms with Gasteiger partial charge in [-0.05, 0) is 25.0 Å².